The van der Waals surface area contributed by atoms with E-state index in [4.69, 9.17) is 11.6 Å². The summed E-state index contributed by atoms with van der Waals surface area (Å²) in [5, 5.41) is 11.5. The number of carbonyl (C=O) groups is 1. The first-order valence-electron chi connectivity index (χ1n) is 6.73. The van der Waals surface area contributed by atoms with Crippen molar-refractivity contribution in [1.29, 1.82) is 0 Å². The van der Waals surface area contributed by atoms with Crippen molar-refractivity contribution in [3.05, 3.63) is 65.7 Å². The number of aromatic nitrogens is 4. The van der Waals surface area contributed by atoms with Gasteiger partial charge in [0.15, 0.2) is 0 Å². The third kappa shape index (κ3) is 3.73. The molecule has 0 aliphatic rings. The third-order valence-corrected chi connectivity index (χ3v) is 3.21. The molecule has 0 saturated heterocycles. The Labute approximate surface area is 132 Å². The molecule has 0 fully saturated rings. The maximum absolute atomic E-state index is 11.9. The minimum absolute atomic E-state index is 0.108. The maximum atomic E-state index is 11.9. The minimum Gasteiger partial charge on any atom is -0.322 e. The van der Waals surface area contributed by atoms with Crippen LogP contribution in [-0.4, -0.2) is 25.5 Å². The number of halogens is 1. The fraction of sp³-hybridized carbons (Fsp3) is 0.133. The Hall–Kier alpha value is -2.60. The van der Waals surface area contributed by atoms with Gasteiger partial charge in [-0.1, -0.05) is 41.9 Å². The van der Waals surface area contributed by atoms with E-state index in [1.165, 1.54) is 10.9 Å². The van der Waals surface area contributed by atoms with Gasteiger partial charge in [-0.05, 0) is 5.56 Å². The number of carbonyl (C=O) groups excluding carboxylic acids is 1. The molecule has 112 valence electrons. The molecule has 3 aromatic rings. The van der Waals surface area contributed by atoms with Gasteiger partial charge in [-0.15, -0.1) is 0 Å². The van der Waals surface area contributed by atoms with Gasteiger partial charge in [0.05, 0.1) is 29.6 Å². The summed E-state index contributed by atoms with van der Waals surface area (Å²) >= 11 is 5.76. The Balaban J connectivity index is 1.58. The summed E-state index contributed by atoms with van der Waals surface area (Å²) < 4.78 is 3.25. The molecule has 1 N–H and O–H groups in total. The first-order valence-corrected chi connectivity index (χ1v) is 7.11. The number of benzene rings is 1. The van der Waals surface area contributed by atoms with E-state index in [1.807, 2.05) is 30.3 Å². The monoisotopic (exact) mass is 315 g/mol. The summed E-state index contributed by atoms with van der Waals surface area (Å²) in [6, 6.07) is 10.00. The largest absolute Gasteiger partial charge is 0.322 e. The molecule has 0 unspecified atom stereocenters. The Morgan fingerprint density at radius 3 is 2.59 bits per heavy atom. The lowest BCUT2D eigenvalue weighted by atomic mass is 10.2. The fourth-order valence-corrected chi connectivity index (χ4v) is 2.21. The number of anilines is 1. The van der Waals surface area contributed by atoms with Gasteiger partial charge in [0.2, 0.25) is 5.91 Å². The average molecular weight is 316 g/mol. The zero-order chi connectivity index (χ0) is 15.4. The second-order valence-electron chi connectivity index (χ2n) is 4.82. The fourth-order valence-electron chi connectivity index (χ4n) is 2.06. The minimum atomic E-state index is -0.181. The molecule has 7 heteroatoms. The second kappa shape index (κ2) is 6.44. The number of hydrogen-bond acceptors (Lipinski definition) is 3. The van der Waals surface area contributed by atoms with Crippen LogP contribution in [0, 0.1) is 0 Å². The van der Waals surface area contributed by atoms with Gasteiger partial charge in [-0.2, -0.15) is 10.2 Å². The standard InChI is InChI=1S/C15H14ClN5O/c16-13-6-17-21(9-13)11-15(22)19-14-7-18-20(10-14)8-12-4-2-1-3-5-12/h1-7,9-10H,8,11H2,(H,19,22). The van der Waals surface area contributed by atoms with Crippen molar-refractivity contribution < 1.29 is 4.79 Å². The van der Waals surface area contributed by atoms with Crippen molar-refractivity contribution in [3.63, 3.8) is 0 Å². The molecule has 22 heavy (non-hydrogen) atoms. The van der Waals surface area contributed by atoms with E-state index in [-0.39, 0.29) is 12.5 Å². The summed E-state index contributed by atoms with van der Waals surface area (Å²) in [6.07, 6.45) is 6.50. The summed E-state index contributed by atoms with van der Waals surface area (Å²) in [6.45, 7) is 0.766. The molecule has 1 amide bonds. The van der Waals surface area contributed by atoms with Gasteiger partial charge in [-0.3, -0.25) is 14.2 Å². The Kier molecular flexibility index (Phi) is 4.20. The number of rotatable bonds is 5. The highest BCUT2D eigenvalue weighted by atomic mass is 35.5. The lowest BCUT2D eigenvalue weighted by Gasteiger charge is -2.03. The van der Waals surface area contributed by atoms with Crippen molar-refractivity contribution >= 4 is 23.2 Å². The predicted molar refractivity (Wildman–Crippen MR) is 83.6 cm³/mol. The highest BCUT2D eigenvalue weighted by molar-refractivity contribution is 6.30. The summed E-state index contributed by atoms with van der Waals surface area (Å²) in [5.74, 6) is -0.181. The molecule has 3 rings (SSSR count). The smallest absolute Gasteiger partial charge is 0.246 e. The first-order chi connectivity index (χ1) is 10.7. The molecule has 0 aliphatic heterocycles. The van der Waals surface area contributed by atoms with E-state index in [0.717, 1.165) is 5.56 Å². The molecule has 2 aromatic heterocycles. The Bertz CT molecular complexity index is 765. The van der Waals surface area contributed by atoms with Crippen LogP contribution in [-0.2, 0) is 17.9 Å². The van der Waals surface area contributed by atoms with E-state index < -0.39 is 0 Å². The van der Waals surface area contributed by atoms with Crippen LogP contribution in [0.4, 0.5) is 5.69 Å². The molecule has 0 bridgehead atoms. The van der Waals surface area contributed by atoms with Crippen LogP contribution in [0.5, 0.6) is 0 Å². The van der Waals surface area contributed by atoms with Crippen molar-refractivity contribution in [3.8, 4) is 0 Å². The number of nitrogens with zero attached hydrogens (tertiary/aromatic N) is 4. The van der Waals surface area contributed by atoms with Crippen molar-refractivity contribution in [1.82, 2.24) is 19.6 Å². The summed E-state index contributed by atoms with van der Waals surface area (Å²) in [5.41, 5.74) is 1.80. The molecular formula is C15H14ClN5O. The van der Waals surface area contributed by atoms with E-state index in [2.05, 4.69) is 15.5 Å². The topological polar surface area (TPSA) is 64.7 Å². The van der Waals surface area contributed by atoms with Gasteiger partial charge < -0.3 is 5.32 Å². The summed E-state index contributed by atoms with van der Waals surface area (Å²) in [4.78, 5) is 11.9. The zero-order valence-electron chi connectivity index (χ0n) is 11.7. The van der Waals surface area contributed by atoms with Crippen LogP contribution in [0.3, 0.4) is 0 Å². The van der Waals surface area contributed by atoms with Crippen LogP contribution in [0.25, 0.3) is 0 Å². The average Bonchev–Trinajstić information content (AvgIpc) is 3.09. The van der Waals surface area contributed by atoms with Gasteiger partial charge >= 0.3 is 0 Å². The van der Waals surface area contributed by atoms with E-state index in [1.54, 1.807) is 23.3 Å². The number of hydrogen-bond donors (Lipinski definition) is 1. The molecule has 0 saturated carbocycles. The second-order valence-corrected chi connectivity index (χ2v) is 5.25. The maximum Gasteiger partial charge on any atom is 0.246 e. The van der Waals surface area contributed by atoms with Gasteiger partial charge in [0.25, 0.3) is 0 Å². The first kappa shape index (κ1) is 14.3. The van der Waals surface area contributed by atoms with E-state index >= 15 is 0 Å². The van der Waals surface area contributed by atoms with Crippen LogP contribution < -0.4 is 5.32 Å². The quantitative estimate of drug-likeness (QED) is 0.786. The highest BCUT2D eigenvalue weighted by Gasteiger charge is 2.07. The zero-order valence-corrected chi connectivity index (χ0v) is 12.4. The van der Waals surface area contributed by atoms with E-state index in [9.17, 15) is 4.79 Å². The lowest BCUT2D eigenvalue weighted by molar-refractivity contribution is -0.116. The Morgan fingerprint density at radius 2 is 1.86 bits per heavy atom. The molecule has 0 atom stereocenters. The molecule has 0 radical (unpaired) electrons. The van der Waals surface area contributed by atoms with Crippen molar-refractivity contribution in [2.24, 2.45) is 0 Å². The highest BCUT2D eigenvalue weighted by Crippen LogP contribution is 2.09. The van der Waals surface area contributed by atoms with Crippen molar-refractivity contribution in [2.75, 3.05) is 5.32 Å². The van der Waals surface area contributed by atoms with Gasteiger partial charge in [0, 0.05) is 12.4 Å². The molecule has 0 spiro atoms. The van der Waals surface area contributed by atoms with Gasteiger partial charge in [-0.25, -0.2) is 0 Å². The van der Waals surface area contributed by atoms with Crippen LogP contribution in [0.15, 0.2) is 55.1 Å². The van der Waals surface area contributed by atoms with Gasteiger partial charge in [0.1, 0.15) is 6.54 Å². The molecule has 0 aliphatic carbocycles. The molecule has 2 heterocycles. The number of amides is 1. The lowest BCUT2D eigenvalue weighted by Crippen LogP contribution is -2.18. The van der Waals surface area contributed by atoms with Crippen LogP contribution >= 0.6 is 11.6 Å². The third-order valence-electron chi connectivity index (χ3n) is 3.01. The van der Waals surface area contributed by atoms with E-state index in [0.29, 0.717) is 17.3 Å². The number of nitrogens with one attached hydrogen (secondary N) is 1. The molecule has 6 nitrogen and oxygen atoms in total. The molecule has 1 aromatic carbocycles. The summed E-state index contributed by atoms with van der Waals surface area (Å²) in [7, 11) is 0. The van der Waals surface area contributed by atoms with Crippen LogP contribution in [0.2, 0.25) is 5.02 Å². The van der Waals surface area contributed by atoms with Crippen LogP contribution in [0.1, 0.15) is 5.56 Å². The predicted octanol–water partition coefficient (Wildman–Crippen LogP) is 2.42. The normalized spacial score (nSPS) is 10.6. The SMILES string of the molecule is O=C(Cn1cc(Cl)cn1)Nc1cnn(Cc2ccccc2)c1. The molecular weight excluding hydrogens is 302 g/mol. The van der Waals surface area contributed by atoms with Crippen molar-refractivity contribution in [2.45, 2.75) is 13.1 Å². The Morgan fingerprint density at radius 1 is 1.09 bits per heavy atom.